The standard InChI is InChI=1S/C21H23N3O4S/c1-6-27-19(25)14-10-22-15-8-7-12(2)9-13(15)16(14)24-18-17(23-11-29-18)20(26)28-21(3,4)5/h7-11H,6H2,1-5H3,(H,22,24). The zero-order valence-corrected chi connectivity index (χ0v) is 17.8. The van der Waals surface area contributed by atoms with E-state index < -0.39 is 17.5 Å². The van der Waals surface area contributed by atoms with Crippen LogP contribution in [0.15, 0.2) is 29.9 Å². The number of aromatic nitrogens is 2. The third-order valence-corrected chi connectivity index (χ3v) is 4.66. The topological polar surface area (TPSA) is 90.4 Å². The zero-order valence-electron chi connectivity index (χ0n) is 17.0. The summed E-state index contributed by atoms with van der Waals surface area (Å²) in [6.07, 6.45) is 1.48. The molecule has 0 amide bonds. The van der Waals surface area contributed by atoms with E-state index in [1.165, 1.54) is 17.5 Å². The molecule has 8 heteroatoms. The van der Waals surface area contributed by atoms with Gasteiger partial charge in [-0.25, -0.2) is 14.6 Å². The van der Waals surface area contributed by atoms with Crippen LogP contribution in [0, 0.1) is 6.92 Å². The predicted molar refractivity (Wildman–Crippen MR) is 113 cm³/mol. The summed E-state index contributed by atoms with van der Waals surface area (Å²) in [5.74, 6) is -1.03. The number of benzene rings is 1. The van der Waals surface area contributed by atoms with Gasteiger partial charge in [0.05, 0.1) is 23.3 Å². The van der Waals surface area contributed by atoms with Gasteiger partial charge in [-0.3, -0.25) is 4.98 Å². The van der Waals surface area contributed by atoms with E-state index in [9.17, 15) is 9.59 Å². The molecule has 2 aromatic heterocycles. The van der Waals surface area contributed by atoms with E-state index in [1.807, 2.05) is 25.1 Å². The van der Waals surface area contributed by atoms with Gasteiger partial charge in [-0.15, -0.1) is 11.3 Å². The molecule has 0 fully saturated rings. The van der Waals surface area contributed by atoms with Gasteiger partial charge >= 0.3 is 11.9 Å². The first-order valence-corrected chi connectivity index (χ1v) is 10.1. The van der Waals surface area contributed by atoms with Crippen LogP contribution in [0.5, 0.6) is 0 Å². The minimum absolute atomic E-state index is 0.164. The lowest BCUT2D eigenvalue weighted by Gasteiger charge is -2.19. The van der Waals surface area contributed by atoms with Gasteiger partial charge < -0.3 is 14.8 Å². The van der Waals surface area contributed by atoms with Gasteiger partial charge in [-0.05, 0) is 46.8 Å². The van der Waals surface area contributed by atoms with Crippen LogP contribution in [0.25, 0.3) is 10.9 Å². The van der Waals surface area contributed by atoms with Crippen molar-refractivity contribution in [3.8, 4) is 0 Å². The Kier molecular flexibility index (Phi) is 5.83. The van der Waals surface area contributed by atoms with E-state index >= 15 is 0 Å². The highest BCUT2D eigenvalue weighted by molar-refractivity contribution is 7.14. The second-order valence-electron chi connectivity index (χ2n) is 7.44. The van der Waals surface area contributed by atoms with Gasteiger partial charge in [0.25, 0.3) is 0 Å². The molecule has 0 spiro atoms. The number of esters is 2. The number of pyridine rings is 1. The first-order chi connectivity index (χ1) is 13.7. The van der Waals surface area contributed by atoms with Crippen LogP contribution < -0.4 is 5.32 Å². The molecule has 1 aromatic carbocycles. The van der Waals surface area contributed by atoms with Crippen LogP contribution in [0.3, 0.4) is 0 Å². The third-order valence-electron chi connectivity index (χ3n) is 3.92. The Hall–Kier alpha value is -3.00. The summed E-state index contributed by atoms with van der Waals surface area (Å²) in [6, 6.07) is 5.76. The van der Waals surface area contributed by atoms with Gasteiger partial charge in [0.2, 0.25) is 0 Å². The lowest BCUT2D eigenvalue weighted by atomic mass is 10.1. The first-order valence-electron chi connectivity index (χ1n) is 9.20. The van der Waals surface area contributed by atoms with Crippen LogP contribution >= 0.6 is 11.3 Å². The maximum absolute atomic E-state index is 12.5. The van der Waals surface area contributed by atoms with E-state index in [1.54, 1.807) is 33.2 Å². The summed E-state index contributed by atoms with van der Waals surface area (Å²) < 4.78 is 10.6. The van der Waals surface area contributed by atoms with Crippen LogP contribution in [0.2, 0.25) is 0 Å². The molecule has 0 atom stereocenters. The molecular formula is C21H23N3O4S. The van der Waals surface area contributed by atoms with Crippen molar-refractivity contribution >= 4 is 44.9 Å². The minimum Gasteiger partial charge on any atom is -0.462 e. The molecule has 152 valence electrons. The summed E-state index contributed by atoms with van der Waals surface area (Å²) in [5.41, 5.74) is 3.61. The number of carbonyl (C=O) groups is 2. The number of thiazole rings is 1. The maximum Gasteiger partial charge on any atom is 0.360 e. The minimum atomic E-state index is -0.644. The van der Waals surface area contributed by atoms with E-state index in [4.69, 9.17) is 9.47 Å². The molecule has 29 heavy (non-hydrogen) atoms. The molecule has 0 radical (unpaired) electrons. The van der Waals surface area contributed by atoms with Crippen LogP contribution in [-0.2, 0) is 9.47 Å². The molecular weight excluding hydrogens is 390 g/mol. The summed E-state index contributed by atoms with van der Waals surface area (Å²) in [5, 5.41) is 4.45. The number of hydrogen-bond donors (Lipinski definition) is 1. The average molecular weight is 413 g/mol. The molecule has 0 saturated heterocycles. The van der Waals surface area contributed by atoms with Crippen LogP contribution in [0.1, 0.15) is 54.1 Å². The van der Waals surface area contributed by atoms with Gasteiger partial charge in [-0.2, -0.15) is 0 Å². The van der Waals surface area contributed by atoms with E-state index in [0.717, 1.165) is 16.5 Å². The normalized spacial score (nSPS) is 11.3. The number of ether oxygens (including phenoxy) is 2. The highest BCUT2D eigenvalue weighted by atomic mass is 32.1. The Bertz CT molecular complexity index is 1070. The SMILES string of the molecule is CCOC(=O)c1cnc2ccc(C)cc2c1Nc1scnc1C(=O)OC(C)(C)C. The smallest absolute Gasteiger partial charge is 0.360 e. The zero-order chi connectivity index (χ0) is 21.2. The number of nitrogens with one attached hydrogen (secondary N) is 1. The maximum atomic E-state index is 12.5. The molecule has 0 aliphatic rings. The number of hydrogen-bond acceptors (Lipinski definition) is 8. The Labute approximate surface area is 173 Å². The molecule has 0 bridgehead atoms. The number of carbonyl (C=O) groups excluding carboxylic acids is 2. The van der Waals surface area contributed by atoms with Crippen molar-refractivity contribution in [2.24, 2.45) is 0 Å². The van der Waals surface area contributed by atoms with Crippen molar-refractivity contribution in [2.45, 2.75) is 40.2 Å². The second-order valence-corrected chi connectivity index (χ2v) is 8.30. The van der Waals surface area contributed by atoms with E-state index in [-0.39, 0.29) is 17.9 Å². The molecule has 3 aromatic rings. The summed E-state index contributed by atoms with van der Waals surface area (Å²) >= 11 is 1.25. The molecule has 7 nitrogen and oxygen atoms in total. The molecule has 0 saturated carbocycles. The monoisotopic (exact) mass is 413 g/mol. The first kappa shape index (κ1) is 20.7. The van der Waals surface area contributed by atoms with Crippen LogP contribution in [0.4, 0.5) is 10.7 Å². The van der Waals surface area contributed by atoms with Crippen molar-refractivity contribution in [2.75, 3.05) is 11.9 Å². The number of anilines is 2. The highest BCUT2D eigenvalue weighted by Gasteiger charge is 2.25. The molecule has 0 aliphatic carbocycles. The van der Waals surface area contributed by atoms with Crippen molar-refractivity contribution in [3.05, 3.63) is 46.7 Å². The van der Waals surface area contributed by atoms with Gasteiger partial charge in [0.1, 0.15) is 16.2 Å². The fraction of sp³-hybridized carbons (Fsp3) is 0.333. The Morgan fingerprint density at radius 3 is 2.62 bits per heavy atom. The molecule has 2 heterocycles. The largest absolute Gasteiger partial charge is 0.462 e. The molecule has 0 aliphatic heterocycles. The third kappa shape index (κ3) is 4.71. The number of nitrogens with zero attached hydrogens (tertiary/aromatic N) is 2. The fourth-order valence-corrected chi connectivity index (χ4v) is 3.40. The quantitative estimate of drug-likeness (QED) is 0.596. The Balaban J connectivity index is 2.09. The molecule has 1 N–H and O–H groups in total. The number of rotatable bonds is 5. The lowest BCUT2D eigenvalue weighted by molar-refractivity contribution is 0.00647. The van der Waals surface area contributed by atoms with Crippen molar-refractivity contribution in [3.63, 3.8) is 0 Å². The van der Waals surface area contributed by atoms with E-state index in [0.29, 0.717) is 10.7 Å². The second kappa shape index (κ2) is 8.16. The summed E-state index contributed by atoms with van der Waals surface area (Å²) in [6.45, 7) is 9.33. The van der Waals surface area contributed by atoms with Crippen LogP contribution in [-0.4, -0.2) is 34.1 Å². The van der Waals surface area contributed by atoms with Gasteiger partial charge in [-0.1, -0.05) is 11.6 Å². The summed E-state index contributed by atoms with van der Waals surface area (Å²) in [7, 11) is 0. The van der Waals surface area contributed by atoms with Crippen molar-refractivity contribution < 1.29 is 19.1 Å². The lowest BCUT2D eigenvalue weighted by Crippen LogP contribution is -2.24. The van der Waals surface area contributed by atoms with Crippen molar-refractivity contribution in [1.29, 1.82) is 0 Å². The fourth-order valence-electron chi connectivity index (χ4n) is 2.72. The number of fused-ring (bicyclic) bond motifs is 1. The average Bonchev–Trinajstić information content (AvgIpc) is 3.09. The highest BCUT2D eigenvalue weighted by Crippen LogP contribution is 2.33. The van der Waals surface area contributed by atoms with Gasteiger partial charge in [0.15, 0.2) is 5.69 Å². The Morgan fingerprint density at radius 2 is 1.93 bits per heavy atom. The van der Waals surface area contributed by atoms with Gasteiger partial charge in [0, 0.05) is 11.6 Å². The number of aryl methyl sites for hydroxylation is 1. The predicted octanol–water partition coefficient (Wildman–Crippen LogP) is 4.88. The Morgan fingerprint density at radius 1 is 1.17 bits per heavy atom. The van der Waals surface area contributed by atoms with E-state index in [2.05, 4.69) is 15.3 Å². The summed E-state index contributed by atoms with van der Waals surface area (Å²) in [4.78, 5) is 33.6. The molecule has 3 rings (SSSR count). The molecule has 0 unspecified atom stereocenters. The van der Waals surface area contributed by atoms with Crippen molar-refractivity contribution in [1.82, 2.24) is 9.97 Å².